The maximum absolute atomic E-state index is 9.33. The summed E-state index contributed by atoms with van der Waals surface area (Å²) < 4.78 is 0. The molecule has 0 atom stereocenters. The first-order valence-corrected chi connectivity index (χ1v) is 5.41. The van der Waals surface area contributed by atoms with Crippen molar-refractivity contribution in [2.75, 3.05) is 24.0 Å². The van der Waals surface area contributed by atoms with Crippen molar-refractivity contribution in [1.29, 1.82) is 0 Å². The average molecular weight is 241 g/mol. The van der Waals surface area contributed by atoms with Gasteiger partial charge in [-0.3, -0.25) is 5.43 Å². The molecule has 7 heteroatoms. The van der Waals surface area contributed by atoms with Gasteiger partial charge in [0.05, 0.1) is 18.8 Å². The number of aromatic nitrogens is 2. The smallest absolute Gasteiger partial charge is 0.239 e. The maximum atomic E-state index is 9.33. The Morgan fingerprint density at radius 2 is 2.00 bits per heavy atom. The van der Waals surface area contributed by atoms with Crippen LogP contribution in [0.2, 0.25) is 0 Å². The van der Waals surface area contributed by atoms with Crippen molar-refractivity contribution in [1.82, 2.24) is 9.97 Å². The van der Waals surface area contributed by atoms with E-state index in [2.05, 4.69) is 20.7 Å². The molecule has 0 spiro atoms. The second-order valence-corrected chi connectivity index (χ2v) is 3.94. The number of hydrazine groups is 1. The first-order chi connectivity index (χ1) is 8.09. The fraction of sp³-hybridized carbons (Fsp3) is 0.600. The highest BCUT2D eigenvalue weighted by Gasteiger charge is 2.26. The van der Waals surface area contributed by atoms with E-state index in [-0.39, 0.29) is 19.2 Å². The highest BCUT2D eigenvalue weighted by Crippen LogP contribution is 2.18. The van der Waals surface area contributed by atoms with E-state index in [0.29, 0.717) is 12.2 Å². The second kappa shape index (κ2) is 5.76. The molecule has 0 unspecified atom stereocenters. The van der Waals surface area contributed by atoms with Gasteiger partial charge in [-0.05, 0) is 13.3 Å². The SMILES string of the molecule is CCC(CO)(CO)Nc1cc(C)nc(NN)n1. The van der Waals surface area contributed by atoms with Crippen LogP contribution in [0.4, 0.5) is 11.8 Å². The summed E-state index contributed by atoms with van der Waals surface area (Å²) in [5.74, 6) is 6.04. The van der Waals surface area contributed by atoms with Crippen LogP contribution in [0.5, 0.6) is 0 Å². The van der Waals surface area contributed by atoms with E-state index < -0.39 is 5.54 Å². The largest absolute Gasteiger partial charge is 0.394 e. The molecule has 6 N–H and O–H groups in total. The normalized spacial score (nSPS) is 11.4. The summed E-state index contributed by atoms with van der Waals surface area (Å²) in [4.78, 5) is 8.15. The molecular weight excluding hydrogens is 222 g/mol. The number of rotatable bonds is 6. The minimum atomic E-state index is -0.785. The maximum Gasteiger partial charge on any atom is 0.239 e. The lowest BCUT2D eigenvalue weighted by Gasteiger charge is -2.30. The van der Waals surface area contributed by atoms with Crippen LogP contribution in [0.3, 0.4) is 0 Å². The molecule has 0 fully saturated rings. The monoisotopic (exact) mass is 241 g/mol. The van der Waals surface area contributed by atoms with Crippen molar-refractivity contribution in [3.8, 4) is 0 Å². The molecule has 0 aliphatic heterocycles. The molecule has 1 aromatic rings. The number of hydrogen-bond donors (Lipinski definition) is 5. The molecule has 0 aromatic carbocycles. The number of nitrogens with zero attached hydrogens (tertiary/aromatic N) is 2. The van der Waals surface area contributed by atoms with Gasteiger partial charge < -0.3 is 15.5 Å². The minimum Gasteiger partial charge on any atom is -0.394 e. The van der Waals surface area contributed by atoms with Crippen LogP contribution in [0.1, 0.15) is 19.0 Å². The molecule has 0 saturated heterocycles. The summed E-state index contributed by atoms with van der Waals surface area (Å²) in [6, 6.07) is 1.72. The number of aliphatic hydroxyl groups is 2. The summed E-state index contributed by atoms with van der Waals surface area (Å²) in [6.07, 6.45) is 0.564. The summed E-state index contributed by atoms with van der Waals surface area (Å²) in [5.41, 5.74) is 2.31. The zero-order chi connectivity index (χ0) is 12.9. The number of nitrogens with two attached hydrogens (primary N) is 1. The first kappa shape index (κ1) is 13.6. The van der Waals surface area contributed by atoms with Gasteiger partial charge in [-0.25, -0.2) is 10.8 Å². The Hall–Kier alpha value is -1.44. The number of nitrogens with one attached hydrogen (secondary N) is 2. The molecule has 1 aromatic heterocycles. The van der Waals surface area contributed by atoms with E-state index in [1.54, 1.807) is 13.0 Å². The predicted octanol–water partition coefficient (Wildman–Crippen LogP) is -0.384. The van der Waals surface area contributed by atoms with Crippen molar-refractivity contribution in [2.45, 2.75) is 25.8 Å². The summed E-state index contributed by atoms with van der Waals surface area (Å²) in [7, 11) is 0. The Balaban J connectivity index is 2.96. The number of aryl methyl sites for hydroxylation is 1. The molecule has 7 nitrogen and oxygen atoms in total. The van der Waals surface area contributed by atoms with Crippen LogP contribution >= 0.6 is 0 Å². The molecule has 0 radical (unpaired) electrons. The summed E-state index contributed by atoms with van der Waals surface area (Å²) in [6.45, 7) is 3.30. The lowest BCUT2D eigenvalue weighted by atomic mass is 9.98. The average Bonchev–Trinajstić information content (AvgIpc) is 2.35. The Kier molecular flexibility index (Phi) is 4.62. The summed E-state index contributed by atoms with van der Waals surface area (Å²) in [5, 5.41) is 21.7. The molecule has 0 amide bonds. The Morgan fingerprint density at radius 3 is 2.47 bits per heavy atom. The zero-order valence-corrected chi connectivity index (χ0v) is 10.1. The predicted molar refractivity (Wildman–Crippen MR) is 65.4 cm³/mol. The molecule has 1 rings (SSSR count). The molecule has 1 heterocycles. The number of hydrogen-bond acceptors (Lipinski definition) is 7. The van der Waals surface area contributed by atoms with Crippen LogP contribution < -0.4 is 16.6 Å². The standard InChI is InChI=1S/C10H19N5O2/c1-3-10(5-16,6-17)14-8-4-7(2)12-9(13-8)15-11/h4,16-17H,3,5-6,11H2,1-2H3,(H2,12,13,14,15). The van der Waals surface area contributed by atoms with E-state index in [1.165, 1.54) is 0 Å². The second-order valence-electron chi connectivity index (χ2n) is 3.94. The molecule has 96 valence electrons. The van der Waals surface area contributed by atoms with Crippen molar-refractivity contribution in [3.63, 3.8) is 0 Å². The quantitative estimate of drug-likeness (QED) is 0.340. The van der Waals surface area contributed by atoms with Gasteiger partial charge >= 0.3 is 0 Å². The Bertz CT molecular complexity index is 359. The van der Waals surface area contributed by atoms with Gasteiger partial charge in [0.15, 0.2) is 0 Å². The number of aliphatic hydroxyl groups excluding tert-OH is 2. The van der Waals surface area contributed by atoms with Crippen LogP contribution in [0, 0.1) is 6.92 Å². The van der Waals surface area contributed by atoms with Crippen LogP contribution in [-0.4, -0.2) is 38.9 Å². The fourth-order valence-corrected chi connectivity index (χ4v) is 1.41. The van der Waals surface area contributed by atoms with Gasteiger partial charge in [0.1, 0.15) is 5.82 Å². The summed E-state index contributed by atoms with van der Waals surface area (Å²) >= 11 is 0. The molecule has 17 heavy (non-hydrogen) atoms. The highest BCUT2D eigenvalue weighted by atomic mass is 16.3. The van der Waals surface area contributed by atoms with Gasteiger partial charge in [-0.2, -0.15) is 4.98 Å². The van der Waals surface area contributed by atoms with E-state index in [1.807, 2.05) is 6.92 Å². The Morgan fingerprint density at radius 1 is 1.35 bits per heavy atom. The topological polar surface area (TPSA) is 116 Å². The van der Waals surface area contributed by atoms with Crippen molar-refractivity contribution >= 4 is 11.8 Å². The number of nitrogen functional groups attached to an aromatic ring is 1. The van der Waals surface area contributed by atoms with Crippen LogP contribution in [-0.2, 0) is 0 Å². The van der Waals surface area contributed by atoms with Gasteiger partial charge in [0.25, 0.3) is 0 Å². The van der Waals surface area contributed by atoms with E-state index >= 15 is 0 Å². The van der Waals surface area contributed by atoms with Crippen LogP contribution in [0.15, 0.2) is 6.07 Å². The molecular formula is C10H19N5O2. The van der Waals surface area contributed by atoms with E-state index in [9.17, 15) is 10.2 Å². The van der Waals surface area contributed by atoms with E-state index in [4.69, 9.17) is 5.84 Å². The third kappa shape index (κ3) is 3.26. The lowest BCUT2D eigenvalue weighted by molar-refractivity contribution is 0.132. The Labute approximate surface area is 100 Å². The van der Waals surface area contributed by atoms with Crippen LogP contribution in [0.25, 0.3) is 0 Å². The van der Waals surface area contributed by atoms with Crippen molar-refractivity contribution in [2.24, 2.45) is 5.84 Å². The third-order valence-electron chi connectivity index (χ3n) is 2.66. The van der Waals surface area contributed by atoms with Gasteiger partial charge in [0.2, 0.25) is 5.95 Å². The van der Waals surface area contributed by atoms with Crippen molar-refractivity contribution < 1.29 is 10.2 Å². The van der Waals surface area contributed by atoms with Gasteiger partial charge in [-0.1, -0.05) is 6.92 Å². The highest BCUT2D eigenvalue weighted by molar-refractivity contribution is 5.44. The number of anilines is 2. The third-order valence-corrected chi connectivity index (χ3v) is 2.66. The lowest BCUT2D eigenvalue weighted by Crippen LogP contribution is -2.45. The van der Waals surface area contributed by atoms with E-state index in [0.717, 1.165) is 5.69 Å². The first-order valence-electron chi connectivity index (χ1n) is 5.41. The van der Waals surface area contributed by atoms with Gasteiger partial charge in [-0.15, -0.1) is 0 Å². The molecule has 0 bridgehead atoms. The van der Waals surface area contributed by atoms with Gasteiger partial charge in [0, 0.05) is 11.8 Å². The zero-order valence-electron chi connectivity index (χ0n) is 10.1. The minimum absolute atomic E-state index is 0.186. The molecule has 0 saturated carbocycles. The fourth-order valence-electron chi connectivity index (χ4n) is 1.41. The van der Waals surface area contributed by atoms with Crippen molar-refractivity contribution in [3.05, 3.63) is 11.8 Å². The molecule has 0 aliphatic rings. The molecule has 0 aliphatic carbocycles.